The van der Waals surface area contributed by atoms with E-state index in [1.165, 1.54) is 5.56 Å². The van der Waals surface area contributed by atoms with Crippen LogP contribution in [0.3, 0.4) is 0 Å². The zero-order valence-corrected chi connectivity index (χ0v) is 11.3. The number of rotatable bonds is 2. The lowest BCUT2D eigenvalue weighted by Gasteiger charge is -2.37. The summed E-state index contributed by atoms with van der Waals surface area (Å²) < 4.78 is 0. The van der Waals surface area contributed by atoms with E-state index in [1.54, 1.807) is 0 Å². The lowest BCUT2D eigenvalue weighted by atomic mass is 9.82. The second-order valence-corrected chi connectivity index (χ2v) is 5.06. The SMILES string of the molecule is CCN=C(N)N1CCC(c2ccccc2)C(C)C1. The quantitative estimate of drug-likeness (QED) is 0.642. The molecule has 2 N–H and O–H groups in total. The molecule has 0 saturated carbocycles. The first-order valence-corrected chi connectivity index (χ1v) is 6.82. The minimum atomic E-state index is 0.617. The number of piperidine rings is 1. The highest BCUT2D eigenvalue weighted by Gasteiger charge is 2.27. The number of hydrogen-bond acceptors (Lipinski definition) is 1. The van der Waals surface area contributed by atoms with Crippen LogP contribution >= 0.6 is 0 Å². The van der Waals surface area contributed by atoms with Crippen LogP contribution in [0.25, 0.3) is 0 Å². The van der Waals surface area contributed by atoms with Crippen LogP contribution in [-0.4, -0.2) is 30.5 Å². The van der Waals surface area contributed by atoms with E-state index in [4.69, 9.17) is 5.73 Å². The Bertz CT molecular complexity index is 399. The van der Waals surface area contributed by atoms with Crippen molar-refractivity contribution in [1.29, 1.82) is 0 Å². The van der Waals surface area contributed by atoms with Crippen molar-refractivity contribution in [3.63, 3.8) is 0 Å². The molecule has 0 radical (unpaired) electrons. The molecule has 0 amide bonds. The highest BCUT2D eigenvalue weighted by molar-refractivity contribution is 5.78. The van der Waals surface area contributed by atoms with Crippen LogP contribution in [0, 0.1) is 5.92 Å². The Balaban J connectivity index is 2.03. The summed E-state index contributed by atoms with van der Waals surface area (Å²) >= 11 is 0. The summed E-state index contributed by atoms with van der Waals surface area (Å²) in [5, 5.41) is 0. The van der Waals surface area contributed by atoms with Gasteiger partial charge >= 0.3 is 0 Å². The molecule has 1 aliphatic rings. The Morgan fingerprint density at radius 3 is 2.72 bits per heavy atom. The van der Waals surface area contributed by atoms with E-state index in [0.717, 1.165) is 26.1 Å². The van der Waals surface area contributed by atoms with Gasteiger partial charge in [-0.3, -0.25) is 4.99 Å². The Kier molecular flexibility index (Phi) is 4.24. The van der Waals surface area contributed by atoms with Crippen molar-refractivity contribution in [2.24, 2.45) is 16.6 Å². The van der Waals surface area contributed by atoms with Crippen LogP contribution in [0.4, 0.5) is 0 Å². The number of likely N-dealkylation sites (tertiary alicyclic amines) is 1. The van der Waals surface area contributed by atoms with E-state index < -0.39 is 0 Å². The summed E-state index contributed by atoms with van der Waals surface area (Å²) in [5.74, 6) is 1.97. The topological polar surface area (TPSA) is 41.6 Å². The van der Waals surface area contributed by atoms with Crippen LogP contribution in [0.1, 0.15) is 31.7 Å². The lowest BCUT2D eigenvalue weighted by Crippen LogP contribution is -2.45. The monoisotopic (exact) mass is 245 g/mol. The van der Waals surface area contributed by atoms with Gasteiger partial charge in [0.2, 0.25) is 0 Å². The average molecular weight is 245 g/mol. The van der Waals surface area contributed by atoms with Crippen LogP contribution in [-0.2, 0) is 0 Å². The predicted molar refractivity (Wildman–Crippen MR) is 76.7 cm³/mol. The molecule has 1 fully saturated rings. The van der Waals surface area contributed by atoms with Gasteiger partial charge < -0.3 is 10.6 Å². The number of hydrogen-bond donors (Lipinski definition) is 1. The fourth-order valence-electron chi connectivity index (χ4n) is 2.81. The molecule has 98 valence electrons. The van der Waals surface area contributed by atoms with E-state index in [9.17, 15) is 0 Å². The predicted octanol–water partition coefficient (Wildman–Crippen LogP) is 2.45. The van der Waals surface area contributed by atoms with Crippen molar-refractivity contribution in [1.82, 2.24) is 4.90 Å². The summed E-state index contributed by atoms with van der Waals surface area (Å²) in [6.07, 6.45) is 1.16. The molecule has 0 bridgehead atoms. The van der Waals surface area contributed by atoms with Gasteiger partial charge in [-0.2, -0.15) is 0 Å². The molecular weight excluding hydrogens is 222 g/mol. The van der Waals surface area contributed by atoms with Crippen LogP contribution in [0.15, 0.2) is 35.3 Å². The van der Waals surface area contributed by atoms with E-state index in [1.807, 2.05) is 6.92 Å². The molecular formula is C15H23N3. The van der Waals surface area contributed by atoms with Crippen molar-refractivity contribution in [2.45, 2.75) is 26.2 Å². The van der Waals surface area contributed by atoms with Gasteiger partial charge in [-0.25, -0.2) is 0 Å². The third-order valence-electron chi connectivity index (χ3n) is 3.78. The van der Waals surface area contributed by atoms with Gasteiger partial charge in [0, 0.05) is 19.6 Å². The highest BCUT2D eigenvalue weighted by Crippen LogP contribution is 2.32. The number of benzene rings is 1. The van der Waals surface area contributed by atoms with E-state index in [0.29, 0.717) is 17.8 Å². The minimum Gasteiger partial charge on any atom is -0.370 e. The summed E-state index contributed by atoms with van der Waals surface area (Å²) in [5.41, 5.74) is 7.44. The maximum atomic E-state index is 5.98. The molecule has 2 unspecified atom stereocenters. The first-order valence-electron chi connectivity index (χ1n) is 6.82. The standard InChI is InChI=1S/C15H23N3/c1-3-17-15(16)18-10-9-14(12(2)11-18)13-7-5-4-6-8-13/h4-8,12,14H,3,9-11H2,1-2H3,(H2,16,17). The summed E-state index contributed by atoms with van der Waals surface area (Å²) in [7, 11) is 0. The Labute approximate surface area is 110 Å². The number of nitrogens with two attached hydrogens (primary N) is 1. The fourth-order valence-corrected chi connectivity index (χ4v) is 2.81. The molecule has 3 heteroatoms. The van der Waals surface area contributed by atoms with Gasteiger partial charge in [0.15, 0.2) is 5.96 Å². The summed E-state index contributed by atoms with van der Waals surface area (Å²) in [4.78, 5) is 6.52. The second-order valence-electron chi connectivity index (χ2n) is 5.06. The third kappa shape index (κ3) is 2.84. The van der Waals surface area contributed by atoms with Gasteiger partial charge in [0.05, 0.1) is 0 Å². The molecule has 1 aromatic rings. The Hall–Kier alpha value is -1.51. The van der Waals surface area contributed by atoms with Crippen molar-refractivity contribution in [3.8, 4) is 0 Å². The van der Waals surface area contributed by atoms with Crippen molar-refractivity contribution in [2.75, 3.05) is 19.6 Å². The first kappa shape index (κ1) is 12.9. The molecule has 1 saturated heterocycles. The van der Waals surface area contributed by atoms with Gasteiger partial charge in [0.25, 0.3) is 0 Å². The van der Waals surface area contributed by atoms with E-state index in [-0.39, 0.29) is 0 Å². The van der Waals surface area contributed by atoms with Crippen molar-refractivity contribution >= 4 is 5.96 Å². The van der Waals surface area contributed by atoms with Gasteiger partial charge in [-0.05, 0) is 30.7 Å². The Morgan fingerprint density at radius 2 is 2.11 bits per heavy atom. The normalized spacial score (nSPS) is 25.2. The van der Waals surface area contributed by atoms with Crippen molar-refractivity contribution in [3.05, 3.63) is 35.9 Å². The summed E-state index contributed by atoms with van der Waals surface area (Å²) in [6, 6.07) is 10.8. The van der Waals surface area contributed by atoms with Gasteiger partial charge in [-0.1, -0.05) is 37.3 Å². The minimum absolute atomic E-state index is 0.617. The largest absolute Gasteiger partial charge is 0.370 e. The molecule has 2 atom stereocenters. The highest BCUT2D eigenvalue weighted by atomic mass is 15.3. The van der Waals surface area contributed by atoms with Crippen LogP contribution in [0.2, 0.25) is 0 Å². The maximum Gasteiger partial charge on any atom is 0.191 e. The molecule has 0 spiro atoms. The summed E-state index contributed by atoms with van der Waals surface area (Å²) in [6.45, 7) is 7.11. The third-order valence-corrected chi connectivity index (χ3v) is 3.78. The van der Waals surface area contributed by atoms with Gasteiger partial charge in [0.1, 0.15) is 0 Å². The first-order chi connectivity index (χ1) is 8.72. The van der Waals surface area contributed by atoms with Gasteiger partial charge in [-0.15, -0.1) is 0 Å². The van der Waals surface area contributed by atoms with Crippen molar-refractivity contribution < 1.29 is 0 Å². The molecule has 1 aliphatic heterocycles. The molecule has 1 heterocycles. The molecule has 2 rings (SSSR count). The van der Waals surface area contributed by atoms with Crippen LogP contribution in [0.5, 0.6) is 0 Å². The zero-order chi connectivity index (χ0) is 13.0. The number of nitrogens with zero attached hydrogens (tertiary/aromatic N) is 2. The lowest BCUT2D eigenvalue weighted by molar-refractivity contribution is 0.238. The molecule has 0 aromatic heterocycles. The fraction of sp³-hybridized carbons (Fsp3) is 0.533. The zero-order valence-electron chi connectivity index (χ0n) is 11.3. The van der Waals surface area contributed by atoms with E-state index >= 15 is 0 Å². The average Bonchev–Trinajstić information content (AvgIpc) is 2.40. The molecule has 0 aliphatic carbocycles. The molecule has 3 nitrogen and oxygen atoms in total. The molecule has 1 aromatic carbocycles. The Morgan fingerprint density at radius 1 is 1.39 bits per heavy atom. The number of guanidine groups is 1. The molecule has 18 heavy (non-hydrogen) atoms. The maximum absolute atomic E-state index is 5.98. The second kappa shape index (κ2) is 5.89. The van der Waals surface area contributed by atoms with E-state index in [2.05, 4.69) is 47.1 Å². The van der Waals surface area contributed by atoms with Crippen LogP contribution < -0.4 is 5.73 Å². The smallest absolute Gasteiger partial charge is 0.191 e. The number of aliphatic imine (C=N–C) groups is 1.